The lowest BCUT2D eigenvalue weighted by Gasteiger charge is -2.21. The van der Waals surface area contributed by atoms with Crippen LogP contribution in [0.3, 0.4) is 0 Å². The maximum Gasteiger partial charge on any atom is 0.222 e. The smallest absolute Gasteiger partial charge is 0.222 e. The van der Waals surface area contributed by atoms with Crippen LogP contribution in [0.15, 0.2) is 16.8 Å². The molecular formula is C12H19NOS. The zero-order valence-electron chi connectivity index (χ0n) is 9.53. The molecule has 0 aromatic carbocycles. The van der Waals surface area contributed by atoms with Crippen molar-refractivity contribution in [2.45, 2.75) is 39.7 Å². The Kier molecular flexibility index (Phi) is 5.40. The molecule has 15 heavy (non-hydrogen) atoms. The highest BCUT2D eigenvalue weighted by molar-refractivity contribution is 7.07. The van der Waals surface area contributed by atoms with Gasteiger partial charge in [-0.05, 0) is 35.2 Å². The Morgan fingerprint density at radius 1 is 1.40 bits per heavy atom. The van der Waals surface area contributed by atoms with E-state index in [0.29, 0.717) is 6.42 Å². The minimum absolute atomic E-state index is 0.283. The first kappa shape index (κ1) is 12.2. The van der Waals surface area contributed by atoms with E-state index in [4.69, 9.17) is 0 Å². The first-order valence-electron chi connectivity index (χ1n) is 5.56. The molecular weight excluding hydrogens is 206 g/mol. The van der Waals surface area contributed by atoms with Crippen molar-refractivity contribution in [3.63, 3.8) is 0 Å². The number of amides is 1. The fourth-order valence-electron chi connectivity index (χ4n) is 1.54. The fourth-order valence-corrected chi connectivity index (χ4v) is 2.20. The van der Waals surface area contributed by atoms with Crippen LogP contribution in [0.2, 0.25) is 0 Å². The molecule has 0 fully saturated rings. The highest BCUT2D eigenvalue weighted by Gasteiger charge is 2.11. The van der Waals surface area contributed by atoms with Gasteiger partial charge in [-0.2, -0.15) is 11.3 Å². The zero-order chi connectivity index (χ0) is 11.1. The van der Waals surface area contributed by atoms with Gasteiger partial charge >= 0.3 is 0 Å². The first-order valence-corrected chi connectivity index (χ1v) is 6.51. The zero-order valence-corrected chi connectivity index (χ0v) is 10.3. The van der Waals surface area contributed by atoms with Crippen LogP contribution in [0.1, 0.15) is 38.7 Å². The van der Waals surface area contributed by atoms with Gasteiger partial charge in [-0.15, -0.1) is 0 Å². The topological polar surface area (TPSA) is 20.3 Å². The molecule has 0 saturated carbocycles. The van der Waals surface area contributed by atoms with Gasteiger partial charge in [0.2, 0.25) is 5.91 Å². The largest absolute Gasteiger partial charge is 0.338 e. The molecule has 1 heterocycles. The summed E-state index contributed by atoms with van der Waals surface area (Å²) >= 11 is 1.69. The third-order valence-electron chi connectivity index (χ3n) is 2.26. The van der Waals surface area contributed by atoms with Gasteiger partial charge in [-0.1, -0.05) is 13.8 Å². The molecule has 0 N–H and O–H groups in total. The quantitative estimate of drug-likeness (QED) is 0.727. The molecule has 2 nitrogen and oxygen atoms in total. The molecule has 0 aliphatic rings. The summed E-state index contributed by atoms with van der Waals surface area (Å²) in [5.74, 6) is 0.283. The number of nitrogens with zero attached hydrogens (tertiary/aromatic N) is 1. The number of carbonyl (C=O) groups excluding carboxylic acids is 1. The van der Waals surface area contributed by atoms with Crippen LogP contribution in [0.4, 0.5) is 0 Å². The van der Waals surface area contributed by atoms with Crippen molar-refractivity contribution in [3.05, 3.63) is 22.4 Å². The lowest BCUT2D eigenvalue weighted by Crippen LogP contribution is -2.30. The molecule has 0 saturated heterocycles. The second kappa shape index (κ2) is 6.62. The number of hydrogen-bond acceptors (Lipinski definition) is 2. The lowest BCUT2D eigenvalue weighted by molar-refractivity contribution is -0.131. The molecule has 0 aliphatic heterocycles. The minimum atomic E-state index is 0.283. The van der Waals surface area contributed by atoms with E-state index in [0.717, 1.165) is 25.9 Å². The summed E-state index contributed by atoms with van der Waals surface area (Å²) in [5, 5.41) is 4.17. The van der Waals surface area contributed by atoms with Gasteiger partial charge < -0.3 is 4.90 Å². The van der Waals surface area contributed by atoms with Gasteiger partial charge in [0.25, 0.3) is 0 Å². The molecule has 0 spiro atoms. The Morgan fingerprint density at radius 2 is 2.20 bits per heavy atom. The summed E-state index contributed by atoms with van der Waals surface area (Å²) in [7, 11) is 0. The highest BCUT2D eigenvalue weighted by Crippen LogP contribution is 2.11. The van der Waals surface area contributed by atoms with Gasteiger partial charge in [-0.25, -0.2) is 0 Å². The Bertz CT molecular complexity index is 282. The number of hydrogen-bond donors (Lipinski definition) is 0. The normalized spacial score (nSPS) is 10.3. The van der Waals surface area contributed by atoms with Crippen molar-refractivity contribution in [2.24, 2.45) is 0 Å². The van der Waals surface area contributed by atoms with Crippen molar-refractivity contribution in [3.8, 4) is 0 Å². The van der Waals surface area contributed by atoms with Crippen LogP contribution in [-0.4, -0.2) is 17.4 Å². The van der Waals surface area contributed by atoms with Crippen LogP contribution < -0.4 is 0 Å². The maximum atomic E-state index is 11.8. The molecule has 1 rings (SSSR count). The lowest BCUT2D eigenvalue weighted by atomic mass is 10.2. The van der Waals surface area contributed by atoms with Gasteiger partial charge in [-0.3, -0.25) is 4.79 Å². The molecule has 3 heteroatoms. The Morgan fingerprint density at radius 3 is 2.73 bits per heavy atom. The first-order chi connectivity index (χ1) is 7.27. The molecule has 1 amide bonds. The summed E-state index contributed by atoms with van der Waals surface area (Å²) in [5.41, 5.74) is 1.25. The van der Waals surface area contributed by atoms with E-state index in [1.807, 2.05) is 11.8 Å². The van der Waals surface area contributed by atoms with Crippen molar-refractivity contribution in [1.29, 1.82) is 0 Å². The van der Waals surface area contributed by atoms with Gasteiger partial charge in [0.05, 0.1) is 0 Å². The van der Waals surface area contributed by atoms with Crippen LogP contribution in [-0.2, 0) is 11.3 Å². The molecule has 84 valence electrons. The van der Waals surface area contributed by atoms with Crippen LogP contribution in [0.25, 0.3) is 0 Å². The van der Waals surface area contributed by atoms with Gasteiger partial charge in [0.1, 0.15) is 0 Å². The summed E-state index contributed by atoms with van der Waals surface area (Å²) in [4.78, 5) is 13.8. The summed E-state index contributed by atoms with van der Waals surface area (Å²) < 4.78 is 0. The average molecular weight is 225 g/mol. The van der Waals surface area contributed by atoms with E-state index in [9.17, 15) is 4.79 Å². The molecule has 0 unspecified atom stereocenters. The van der Waals surface area contributed by atoms with Crippen molar-refractivity contribution in [2.75, 3.05) is 6.54 Å². The van der Waals surface area contributed by atoms with Crippen molar-refractivity contribution < 1.29 is 4.79 Å². The Labute approximate surface area is 95.9 Å². The molecule has 0 bridgehead atoms. The molecule has 0 atom stereocenters. The number of rotatable bonds is 6. The maximum absolute atomic E-state index is 11.8. The van der Waals surface area contributed by atoms with Crippen LogP contribution in [0.5, 0.6) is 0 Å². The van der Waals surface area contributed by atoms with Gasteiger partial charge in [0.15, 0.2) is 0 Å². The van der Waals surface area contributed by atoms with Crippen molar-refractivity contribution >= 4 is 17.2 Å². The van der Waals surface area contributed by atoms with E-state index >= 15 is 0 Å². The van der Waals surface area contributed by atoms with E-state index in [1.54, 1.807) is 11.3 Å². The third-order valence-corrected chi connectivity index (χ3v) is 3.00. The predicted molar refractivity (Wildman–Crippen MR) is 64.9 cm³/mol. The highest BCUT2D eigenvalue weighted by atomic mass is 32.1. The Hall–Kier alpha value is -0.830. The predicted octanol–water partition coefficient (Wildman–Crippen LogP) is 3.29. The standard InChI is InChI=1S/C12H19NOS/c1-3-5-12(14)13(7-4-2)9-11-6-8-15-10-11/h6,8,10H,3-5,7,9H2,1-2H3. The molecule has 0 aliphatic carbocycles. The summed E-state index contributed by atoms with van der Waals surface area (Å²) in [6.07, 6.45) is 2.63. The third kappa shape index (κ3) is 4.04. The second-order valence-corrected chi connectivity index (χ2v) is 4.48. The monoisotopic (exact) mass is 225 g/mol. The summed E-state index contributed by atoms with van der Waals surface area (Å²) in [6, 6.07) is 2.09. The van der Waals surface area contributed by atoms with Crippen molar-refractivity contribution in [1.82, 2.24) is 4.90 Å². The average Bonchev–Trinajstić information content (AvgIpc) is 2.70. The van der Waals surface area contributed by atoms with E-state index in [1.165, 1.54) is 5.56 Å². The summed E-state index contributed by atoms with van der Waals surface area (Å²) in [6.45, 7) is 5.80. The van der Waals surface area contributed by atoms with Crippen LogP contribution >= 0.6 is 11.3 Å². The van der Waals surface area contributed by atoms with Gasteiger partial charge in [0, 0.05) is 19.5 Å². The number of thiophene rings is 1. The van der Waals surface area contributed by atoms with Crippen LogP contribution in [0, 0.1) is 0 Å². The molecule has 1 aromatic heterocycles. The SMILES string of the molecule is CCCC(=O)N(CCC)Cc1ccsc1. The van der Waals surface area contributed by atoms with E-state index in [2.05, 4.69) is 23.8 Å². The number of carbonyl (C=O) groups is 1. The van der Waals surface area contributed by atoms with E-state index in [-0.39, 0.29) is 5.91 Å². The Balaban J connectivity index is 2.53. The minimum Gasteiger partial charge on any atom is -0.338 e. The molecule has 0 radical (unpaired) electrons. The fraction of sp³-hybridized carbons (Fsp3) is 0.583. The molecule has 1 aromatic rings. The second-order valence-electron chi connectivity index (χ2n) is 3.70. The van der Waals surface area contributed by atoms with E-state index < -0.39 is 0 Å².